The van der Waals surface area contributed by atoms with Crippen molar-refractivity contribution >= 4 is 37.8 Å². The summed E-state index contributed by atoms with van der Waals surface area (Å²) in [5.41, 5.74) is -0.367. The number of benzene rings is 2. The fraction of sp³-hybridized carbons (Fsp3) is 0.235. The topological polar surface area (TPSA) is 46.5 Å². The smallest absolute Gasteiger partial charge is 0.345 e. The molecule has 2 aromatic carbocycles. The van der Waals surface area contributed by atoms with Gasteiger partial charge in [-0.3, -0.25) is 0 Å². The molecule has 0 saturated heterocycles. The largest absolute Gasteiger partial charge is 0.479 e. The molecule has 0 aliphatic carbocycles. The van der Waals surface area contributed by atoms with Crippen LogP contribution in [0.1, 0.15) is 25.0 Å². The molecular formula is C17H16Br2O3. The summed E-state index contributed by atoms with van der Waals surface area (Å²) in [5, 5.41) is 9.97. The van der Waals surface area contributed by atoms with E-state index in [1.54, 1.807) is 24.3 Å². The van der Waals surface area contributed by atoms with Crippen LogP contribution in [0.5, 0.6) is 0 Å². The van der Waals surface area contributed by atoms with Crippen molar-refractivity contribution in [1.82, 2.24) is 0 Å². The van der Waals surface area contributed by atoms with E-state index >= 15 is 0 Å². The summed E-state index contributed by atoms with van der Waals surface area (Å²) in [6, 6.07) is 14.3. The van der Waals surface area contributed by atoms with Gasteiger partial charge in [0.15, 0.2) is 0 Å². The van der Waals surface area contributed by atoms with Crippen LogP contribution < -0.4 is 0 Å². The molecule has 2 rings (SSSR count). The summed E-state index contributed by atoms with van der Waals surface area (Å²) in [7, 11) is 0. The van der Waals surface area contributed by atoms with E-state index in [0.29, 0.717) is 11.1 Å². The van der Waals surface area contributed by atoms with Crippen LogP contribution in [0.3, 0.4) is 0 Å². The maximum Gasteiger partial charge on any atom is 0.345 e. The van der Waals surface area contributed by atoms with E-state index < -0.39 is 11.6 Å². The average molecular weight is 428 g/mol. The number of carboxylic acids is 1. The van der Waals surface area contributed by atoms with E-state index in [2.05, 4.69) is 31.9 Å². The molecule has 0 heterocycles. The number of hydrogen-bond acceptors (Lipinski definition) is 2. The van der Waals surface area contributed by atoms with Crippen LogP contribution >= 0.6 is 31.9 Å². The maximum absolute atomic E-state index is 12.2. The predicted molar refractivity (Wildman–Crippen MR) is 92.9 cm³/mol. The second-order valence-electron chi connectivity index (χ2n) is 5.17. The molecule has 0 unspecified atom stereocenters. The van der Waals surface area contributed by atoms with Gasteiger partial charge < -0.3 is 9.84 Å². The lowest BCUT2D eigenvalue weighted by Crippen LogP contribution is -2.41. The molecule has 0 saturated carbocycles. The minimum Gasteiger partial charge on any atom is -0.479 e. The molecule has 0 aliphatic heterocycles. The van der Waals surface area contributed by atoms with Gasteiger partial charge in [-0.15, -0.1) is 0 Å². The fourth-order valence-corrected chi connectivity index (χ4v) is 2.85. The molecule has 1 N–H and O–H groups in total. The fourth-order valence-electron chi connectivity index (χ4n) is 2.32. The number of carboxylic acid groups (broad SMARTS) is 1. The molecule has 0 amide bonds. The number of aliphatic carboxylic acids is 1. The van der Waals surface area contributed by atoms with Crippen molar-refractivity contribution in [3.05, 3.63) is 68.6 Å². The molecule has 3 nitrogen and oxygen atoms in total. The van der Waals surface area contributed by atoms with E-state index in [-0.39, 0.29) is 6.10 Å². The lowest BCUT2D eigenvalue weighted by molar-refractivity contribution is -0.166. The Morgan fingerprint density at radius 3 is 1.59 bits per heavy atom. The van der Waals surface area contributed by atoms with Crippen molar-refractivity contribution in [1.29, 1.82) is 0 Å². The molecule has 0 atom stereocenters. The van der Waals surface area contributed by atoms with E-state index in [9.17, 15) is 9.90 Å². The number of carbonyl (C=O) groups is 1. The monoisotopic (exact) mass is 426 g/mol. The number of halogens is 2. The zero-order chi connectivity index (χ0) is 16.3. The zero-order valence-corrected chi connectivity index (χ0v) is 15.4. The summed E-state index contributed by atoms with van der Waals surface area (Å²) in [6.07, 6.45) is -0.247. The van der Waals surface area contributed by atoms with Crippen molar-refractivity contribution in [2.45, 2.75) is 25.6 Å². The minimum absolute atomic E-state index is 0.247. The minimum atomic E-state index is -1.53. The summed E-state index contributed by atoms with van der Waals surface area (Å²) < 4.78 is 7.69. The van der Waals surface area contributed by atoms with Gasteiger partial charge in [0.1, 0.15) is 0 Å². The van der Waals surface area contributed by atoms with Crippen LogP contribution in [0.4, 0.5) is 0 Å². The van der Waals surface area contributed by atoms with E-state index in [1.165, 1.54) is 0 Å². The lowest BCUT2D eigenvalue weighted by Gasteiger charge is -2.32. The molecule has 0 radical (unpaired) electrons. The van der Waals surface area contributed by atoms with Crippen molar-refractivity contribution < 1.29 is 14.6 Å². The first kappa shape index (κ1) is 17.2. The van der Waals surface area contributed by atoms with Crippen LogP contribution in [0.2, 0.25) is 0 Å². The first-order valence-corrected chi connectivity index (χ1v) is 8.38. The average Bonchev–Trinajstić information content (AvgIpc) is 2.46. The molecule has 0 bridgehead atoms. The summed E-state index contributed by atoms with van der Waals surface area (Å²) in [6.45, 7) is 3.66. The molecule has 116 valence electrons. The Balaban J connectivity index is 2.67. The molecule has 22 heavy (non-hydrogen) atoms. The van der Waals surface area contributed by atoms with Gasteiger partial charge in [-0.1, -0.05) is 56.1 Å². The van der Waals surface area contributed by atoms with Crippen LogP contribution in [0.25, 0.3) is 0 Å². The van der Waals surface area contributed by atoms with Crippen LogP contribution in [-0.2, 0) is 15.1 Å². The predicted octanol–water partition coefficient (Wildman–Crippen LogP) is 4.96. The van der Waals surface area contributed by atoms with Gasteiger partial charge in [0.2, 0.25) is 5.60 Å². The highest BCUT2D eigenvalue weighted by Gasteiger charge is 2.44. The van der Waals surface area contributed by atoms with Crippen molar-refractivity contribution in [2.75, 3.05) is 0 Å². The highest BCUT2D eigenvalue weighted by Crippen LogP contribution is 2.36. The standard InChI is InChI=1S/C17H16Br2O3/c1-11(2)22-17(16(20)21,12-3-7-14(18)8-4-12)13-5-9-15(19)10-6-13/h3-11H,1-2H3,(H,20,21). The number of rotatable bonds is 5. The summed E-state index contributed by atoms with van der Waals surface area (Å²) >= 11 is 6.74. The molecule has 0 aliphatic rings. The Morgan fingerprint density at radius 1 is 0.955 bits per heavy atom. The number of ether oxygens (including phenoxy) is 1. The van der Waals surface area contributed by atoms with Crippen molar-refractivity contribution in [3.63, 3.8) is 0 Å². The van der Waals surface area contributed by atoms with Gasteiger partial charge in [-0.05, 0) is 49.2 Å². The number of hydrogen-bond donors (Lipinski definition) is 1. The third-order valence-corrected chi connectivity index (χ3v) is 4.27. The Morgan fingerprint density at radius 2 is 1.32 bits per heavy atom. The Hall–Kier alpha value is -1.17. The Kier molecular flexibility index (Phi) is 5.42. The normalized spacial score (nSPS) is 11.7. The van der Waals surface area contributed by atoms with Crippen LogP contribution in [0.15, 0.2) is 57.5 Å². The SMILES string of the molecule is CC(C)OC(C(=O)O)(c1ccc(Br)cc1)c1ccc(Br)cc1. The second-order valence-corrected chi connectivity index (χ2v) is 7.00. The highest BCUT2D eigenvalue weighted by molar-refractivity contribution is 9.10. The second kappa shape index (κ2) is 6.94. The zero-order valence-electron chi connectivity index (χ0n) is 12.2. The third kappa shape index (κ3) is 3.42. The van der Waals surface area contributed by atoms with E-state index in [0.717, 1.165) is 8.95 Å². The van der Waals surface area contributed by atoms with Gasteiger partial charge in [0, 0.05) is 8.95 Å². The van der Waals surface area contributed by atoms with Crippen LogP contribution in [0, 0.1) is 0 Å². The van der Waals surface area contributed by atoms with Crippen molar-refractivity contribution in [2.24, 2.45) is 0 Å². The molecular weight excluding hydrogens is 412 g/mol. The third-order valence-electron chi connectivity index (χ3n) is 3.22. The van der Waals surface area contributed by atoms with Crippen LogP contribution in [-0.4, -0.2) is 17.2 Å². The first-order valence-electron chi connectivity index (χ1n) is 6.79. The Labute approximate surface area is 146 Å². The lowest BCUT2D eigenvalue weighted by atomic mass is 9.86. The van der Waals surface area contributed by atoms with E-state index in [1.807, 2.05) is 38.1 Å². The molecule has 0 aromatic heterocycles. The molecule has 2 aromatic rings. The van der Waals surface area contributed by atoms with Gasteiger partial charge in [0.05, 0.1) is 6.10 Å². The van der Waals surface area contributed by atoms with Gasteiger partial charge in [-0.25, -0.2) is 4.79 Å². The highest BCUT2D eigenvalue weighted by atomic mass is 79.9. The molecule has 0 fully saturated rings. The Bertz CT molecular complexity index is 603. The first-order chi connectivity index (χ1) is 10.4. The van der Waals surface area contributed by atoms with Gasteiger partial charge >= 0.3 is 5.97 Å². The molecule has 0 spiro atoms. The summed E-state index contributed by atoms with van der Waals surface area (Å²) in [4.78, 5) is 12.2. The molecule has 5 heteroatoms. The maximum atomic E-state index is 12.2. The summed E-state index contributed by atoms with van der Waals surface area (Å²) in [5.74, 6) is -1.04. The van der Waals surface area contributed by atoms with Gasteiger partial charge in [0.25, 0.3) is 0 Å². The quantitative estimate of drug-likeness (QED) is 0.732. The van der Waals surface area contributed by atoms with E-state index in [4.69, 9.17) is 4.74 Å². The van der Waals surface area contributed by atoms with Crippen molar-refractivity contribution in [3.8, 4) is 0 Å². The van der Waals surface area contributed by atoms with Gasteiger partial charge in [-0.2, -0.15) is 0 Å².